The molecule has 0 spiro atoms. The largest absolute Gasteiger partial charge is 0.391 e. The van der Waals surface area contributed by atoms with E-state index in [0.717, 1.165) is 5.70 Å². The predicted octanol–water partition coefficient (Wildman–Crippen LogP) is 2.29. The zero-order valence-corrected chi connectivity index (χ0v) is 10.8. The number of aromatic nitrogens is 2. The van der Waals surface area contributed by atoms with Crippen molar-refractivity contribution in [3.8, 4) is 0 Å². The van der Waals surface area contributed by atoms with Gasteiger partial charge < -0.3 is 5.32 Å². The summed E-state index contributed by atoms with van der Waals surface area (Å²) in [6.07, 6.45) is 3.53. The van der Waals surface area contributed by atoms with Gasteiger partial charge in [-0.2, -0.15) is 5.10 Å². The Bertz CT molecular complexity index is 420. The van der Waals surface area contributed by atoms with Gasteiger partial charge in [-0.05, 0) is 6.72 Å². The Kier molecular flexibility index (Phi) is 4.20. The summed E-state index contributed by atoms with van der Waals surface area (Å²) >= 11 is 0. The number of allylic oxidation sites excluding steroid dienone is 1. The fourth-order valence-corrected chi connectivity index (χ4v) is 1.34. The molecule has 17 heavy (non-hydrogen) atoms. The summed E-state index contributed by atoms with van der Waals surface area (Å²) in [6, 6.07) is 1.77. The number of rotatable bonds is 3. The van der Waals surface area contributed by atoms with Crippen molar-refractivity contribution in [1.82, 2.24) is 15.5 Å². The minimum absolute atomic E-state index is 0.00813. The molecule has 0 aromatic carbocycles. The molecule has 1 rings (SSSR count). The van der Waals surface area contributed by atoms with Crippen LogP contribution in [0.1, 0.15) is 20.8 Å². The Hall–Kier alpha value is -1.91. The van der Waals surface area contributed by atoms with Crippen LogP contribution in [0.2, 0.25) is 0 Å². The topological polar surface area (TPSA) is 65.4 Å². The fourth-order valence-electron chi connectivity index (χ4n) is 1.34. The second kappa shape index (κ2) is 5.43. The molecule has 0 aliphatic carbocycles. The molecule has 1 aromatic heterocycles. The van der Waals surface area contributed by atoms with Crippen molar-refractivity contribution in [2.45, 2.75) is 20.8 Å². The highest BCUT2D eigenvalue weighted by Gasteiger charge is 2.16. The maximum absolute atomic E-state index is 4.29. The van der Waals surface area contributed by atoms with Gasteiger partial charge in [-0.25, -0.2) is 9.98 Å². The predicted molar refractivity (Wildman–Crippen MR) is 71.8 cm³/mol. The monoisotopic (exact) mass is 233 g/mol. The summed E-state index contributed by atoms with van der Waals surface area (Å²) in [5.74, 6) is 1.21. The lowest BCUT2D eigenvalue weighted by Crippen LogP contribution is -2.22. The van der Waals surface area contributed by atoms with Gasteiger partial charge in [0, 0.05) is 30.3 Å². The van der Waals surface area contributed by atoms with Gasteiger partial charge in [0.1, 0.15) is 5.82 Å². The lowest BCUT2D eigenvalue weighted by molar-refractivity contribution is 0.473. The highest BCUT2D eigenvalue weighted by molar-refractivity contribution is 5.98. The maximum atomic E-state index is 4.29. The summed E-state index contributed by atoms with van der Waals surface area (Å²) in [4.78, 5) is 8.19. The van der Waals surface area contributed by atoms with E-state index in [1.165, 1.54) is 0 Å². The molecule has 0 amide bonds. The molecule has 0 atom stereocenters. The molecule has 1 aromatic rings. The molecule has 0 aliphatic rings. The molecule has 0 saturated heterocycles. The van der Waals surface area contributed by atoms with Crippen molar-refractivity contribution < 1.29 is 0 Å². The molecule has 92 valence electrons. The zero-order valence-electron chi connectivity index (χ0n) is 10.8. The summed E-state index contributed by atoms with van der Waals surface area (Å²) in [5, 5.41) is 9.74. The average Bonchev–Trinajstić information content (AvgIpc) is 2.74. The van der Waals surface area contributed by atoms with Gasteiger partial charge in [-0.3, -0.25) is 5.10 Å². The summed E-state index contributed by atoms with van der Waals surface area (Å²) < 4.78 is 0. The first kappa shape index (κ1) is 13.2. The number of hydrogen-bond donors (Lipinski definition) is 2. The smallest absolute Gasteiger partial charge is 0.155 e. The lowest BCUT2D eigenvalue weighted by atomic mass is 9.91. The fraction of sp³-hybridized carbons (Fsp3) is 0.417. The van der Waals surface area contributed by atoms with Gasteiger partial charge in [0.2, 0.25) is 0 Å². The SMILES string of the molecule is C=NC(C=C(NC)C(C)(C)C)=Nc1ccn[nH]1. The Balaban J connectivity index is 3.04. The molecular formula is C12H19N5. The van der Waals surface area contributed by atoms with Crippen LogP contribution in [-0.2, 0) is 0 Å². The Morgan fingerprint density at radius 2 is 2.24 bits per heavy atom. The quantitative estimate of drug-likeness (QED) is 0.621. The van der Waals surface area contributed by atoms with Crippen LogP contribution < -0.4 is 5.32 Å². The standard InChI is InChI=1S/C12H19N5/c1-12(2,3)9(13-4)8-11(14-5)16-10-6-7-15-17-10/h6-8,13H,5H2,1-4H3,(H,15,17). The van der Waals surface area contributed by atoms with Crippen LogP contribution in [0.5, 0.6) is 0 Å². The summed E-state index contributed by atoms with van der Waals surface area (Å²) in [6.45, 7) is 9.88. The highest BCUT2D eigenvalue weighted by Crippen LogP contribution is 2.22. The second-order valence-electron chi connectivity index (χ2n) is 4.63. The van der Waals surface area contributed by atoms with Gasteiger partial charge in [0.15, 0.2) is 5.84 Å². The van der Waals surface area contributed by atoms with Gasteiger partial charge >= 0.3 is 0 Å². The van der Waals surface area contributed by atoms with E-state index in [-0.39, 0.29) is 5.41 Å². The number of H-pyrrole nitrogens is 1. The minimum atomic E-state index is 0.00813. The van der Waals surface area contributed by atoms with Crippen molar-refractivity contribution in [3.05, 3.63) is 24.0 Å². The zero-order chi connectivity index (χ0) is 12.9. The molecule has 0 saturated carbocycles. The molecular weight excluding hydrogens is 214 g/mol. The third-order valence-electron chi connectivity index (χ3n) is 2.23. The highest BCUT2D eigenvalue weighted by atomic mass is 15.2. The van der Waals surface area contributed by atoms with Crippen LogP contribution in [0.4, 0.5) is 5.82 Å². The van der Waals surface area contributed by atoms with Crippen LogP contribution in [0.25, 0.3) is 0 Å². The van der Waals surface area contributed by atoms with Gasteiger partial charge in [-0.1, -0.05) is 20.8 Å². The van der Waals surface area contributed by atoms with Crippen LogP contribution in [0.3, 0.4) is 0 Å². The number of nitrogens with zero attached hydrogens (tertiary/aromatic N) is 3. The number of aromatic amines is 1. The van der Waals surface area contributed by atoms with Gasteiger partial charge in [0.05, 0.1) is 6.20 Å². The Morgan fingerprint density at radius 1 is 1.53 bits per heavy atom. The summed E-state index contributed by atoms with van der Waals surface area (Å²) in [7, 11) is 1.88. The van der Waals surface area contributed by atoms with Crippen molar-refractivity contribution in [3.63, 3.8) is 0 Å². The number of amidine groups is 1. The van der Waals surface area contributed by atoms with Gasteiger partial charge in [0.25, 0.3) is 0 Å². The van der Waals surface area contributed by atoms with Crippen molar-refractivity contribution in [2.75, 3.05) is 7.05 Å². The maximum Gasteiger partial charge on any atom is 0.155 e. The van der Waals surface area contributed by atoms with Crippen LogP contribution >= 0.6 is 0 Å². The van der Waals surface area contributed by atoms with Crippen LogP contribution in [-0.4, -0.2) is 29.8 Å². The van der Waals surface area contributed by atoms with E-state index in [9.17, 15) is 0 Å². The Morgan fingerprint density at radius 3 is 2.65 bits per heavy atom. The van der Waals surface area contributed by atoms with E-state index in [4.69, 9.17) is 0 Å². The van der Waals surface area contributed by atoms with E-state index < -0.39 is 0 Å². The van der Waals surface area contributed by atoms with E-state index in [2.05, 4.69) is 53.0 Å². The Labute approximate surface area is 102 Å². The van der Waals surface area contributed by atoms with E-state index in [1.54, 1.807) is 12.3 Å². The van der Waals surface area contributed by atoms with E-state index in [1.807, 2.05) is 13.1 Å². The first-order chi connectivity index (χ1) is 7.97. The third-order valence-corrected chi connectivity index (χ3v) is 2.23. The molecule has 0 radical (unpaired) electrons. The molecule has 2 N–H and O–H groups in total. The van der Waals surface area contributed by atoms with Crippen molar-refractivity contribution >= 4 is 18.4 Å². The lowest BCUT2D eigenvalue weighted by Gasteiger charge is -2.22. The molecule has 0 bridgehead atoms. The van der Waals surface area contributed by atoms with Gasteiger partial charge in [-0.15, -0.1) is 0 Å². The molecule has 0 unspecified atom stereocenters. The molecule has 5 heteroatoms. The average molecular weight is 233 g/mol. The number of hydrogen-bond acceptors (Lipinski definition) is 3. The normalized spacial score (nSPS) is 13.6. The van der Waals surface area contributed by atoms with Crippen molar-refractivity contribution in [2.24, 2.45) is 15.4 Å². The van der Waals surface area contributed by atoms with Crippen molar-refractivity contribution in [1.29, 1.82) is 0 Å². The third kappa shape index (κ3) is 3.86. The number of nitrogens with one attached hydrogen (secondary N) is 2. The number of aliphatic imine (C=N–C) groups is 2. The second-order valence-corrected chi connectivity index (χ2v) is 4.63. The first-order valence-corrected chi connectivity index (χ1v) is 5.42. The molecule has 1 heterocycles. The summed E-state index contributed by atoms with van der Waals surface area (Å²) in [5.41, 5.74) is 1.05. The molecule has 0 fully saturated rings. The van der Waals surface area contributed by atoms with Crippen LogP contribution in [0, 0.1) is 5.41 Å². The minimum Gasteiger partial charge on any atom is -0.391 e. The molecule has 0 aliphatic heterocycles. The first-order valence-electron chi connectivity index (χ1n) is 5.42. The van der Waals surface area contributed by atoms with Crippen LogP contribution in [0.15, 0.2) is 34.0 Å². The van der Waals surface area contributed by atoms with E-state index in [0.29, 0.717) is 11.7 Å². The van der Waals surface area contributed by atoms with E-state index >= 15 is 0 Å². The molecule has 5 nitrogen and oxygen atoms in total.